The first-order valence-electron chi connectivity index (χ1n) is 27.6. The summed E-state index contributed by atoms with van der Waals surface area (Å²) in [5.74, 6) is -3.18. The molecule has 6 heterocycles. The number of nitrogens with two attached hydrogens (primary N) is 1. The summed E-state index contributed by atoms with van der Waals surface area (Å²) < 4.78 is 103. The van der Waals surface area contributed by atoms with Gasteiger partial charge in [-0.3, -0.25) is 23.5 Å². The Morgan fingerprint density at radius 3 is 1.29 bits per heavy atom. The van der Waals surface area contributed by atoms with Gasteiger partial charge >= 0.3 is 17.3 Å². The molecule has 0 saturated carbocycles. The highest BCUT2D eigenvalue weighted by Gasteiger charge is 2.38. The van der Waals surface area contributed by atoms with Gasteiger partial charge in [0.05, 0.1) is 87.6 Å². The molecule has 91 heavy (non-hydrogen) atoms. The molecule has 0 aliphatic rings. The average molecular weight is 1350 g/mol. The number of aryl methyl sites for hydroxylation is 2. The minimum atomic E-state index is -3.43. The van der Waals surface area contributed by atoms with Crippen molar-refractivity contribution in [2.75, 3.05) is 51.5 Å². The number of sulfone groups is 2. The molecule has 0 unspecified atom stereocenters. The van der Waals surface area contributed by atoms with E-state index in [0.717, 1.165) is 45.8 Å². The first-order valence-corrected chi connectivity index (χ1v) is 33.3. The van der Waals surface area contributed by atoms with E-state index in [0.29, 0.717) is 31.7 Å². The van der Waals surface area contributed by atoms with Crippen LogP contribution in [0.15, 0.2) is 80.4 Å². The molecule has 0 aliphatic carbocycles. The molecule has 0 saturated heterocycles. The van der Waals surface area contributed by atoms with Crippen molar-refractivity contribution in [2.45, 2.75) is 133 Å². The second-order valence-corrected chi connectivity index (χ2v) is 29.0. The van der Waals surface area contributed by atoms with Crippen LogP contribution in [0, 0.1) is 31.4 Å². The number of halogens is 2. The van der Waals surface area contributed by atoms with Crippen molar-refractivity contribution in [3.63, 3.8) is 0 Å². The number of ketones is 1. The van der Waals surface area contributed by atoms with E-state index in [1.165, 1.54) is 116 Å². The Kier molecular flexibility index (Phi) is 25.6. The van der Waals surface area contributed by atoms with Crippen molar-refractivity contribution in [3.8, 4) is 21.5 Å². The predicted octanol–water partition coefficient (Wildman–Crippen LogP) is 6.92. The van der Waals surface area contributed by atoms with Crippen molar-refractivity contribution < 1.29 is 59.3 Å². The Balaban J connectivity index is 0.000000360. The SMILES string of the molecule is C.C.CC(C)N.COc1ccc(F)cc1[C@H](Cn1c(=O)n(C(C)(C)C(=O)CC(C)C)c(=O)c2c(C)c(-n3nccn3)sc21)OCCS(C)(=O)=O.COc1ccc(F)cc1[C@H](Cn1c(=O)n(C(C)(C)C(=O)O)c(=O)c2c(C)c(-n3nccn3)sc21)OCCS(C)(=O)=O. The zero-order valence-electron chi connectivity index (χ0n) is 51.6. The topological polar surface area (TPSA) is 335 Å². The molecule has 2 atom stereocenters. The van der Waals surface area contributed by atoms with Crippen LogP contribution >= 0.6 is 22.7 Å². The zero-order chi connectivity index (χ0) is 66.4. The number of benzene rings is 2. The maximum Gasteiger partial charge on any atom is 0.333 e. The predicted molar refractivity (Wildman–Crippen MR) is 346 cm³/mol. The molecule has 32 heteroatoms. The normalized spacial score (nSPS) is 12.6. The minimum Gasteiger partial charge on any atom is -0.496 e. The molecule has 6 aromatic heterocycles. The number of carboxylic acids is 1. The summed E-state index contributed by atoms with van der Waals surface area (Å²) in [5, 5.41) is 27.7. The number of rotatable bonds is 24. The number of aliphatic carboxylic acids is 1. The smallest absolute Gasteiger partial charge is 0.333 e. The third kappa shape index (κ3) is 17.5. The highest BCUT2D eigenvalue weighted by atomic mass is 32.2. The molecule has 8 aromatic rings. The van der Waals surface area contributed by atoms with Crippen LogP contribution in [0.25, 0.3) is 30.4 Å². The molecule has 0 spiro atoms. The molecule has 26 nitrogen and oxygen atoms in total. The van der Waals surface area contributed by atoms with E-state index in [1.54, 1.807) is 13.8 Å². The fourth-order valence-corrected chi connectivity index (χ4v) is 12.5. The van der Waals surface area contributed by atoms with Gasteiger partial charge in [-0.1, -0.05) is 65.2 Å². The summed E-state index contributed by atoms with van der Waals surface area (Å²) in [7, 11) is -4.10. The van der Waals surface area contributed by atoms with Crippen molar-refractivity contribution in [1.29, 1.82) is 0 Å². The number of nitrogens with zero attached hydrogens (tertiary/aromatic N) is 10. The van der Waals surface area contributed by atoms with Crippen LogP contribution in [0.3, 0.4) is 0 Å². The van der Waals surface area contributed by atoms with Gasteiger partial charge in [-0.05, 0) is 89.9 Å². The van der Waals surface area contributed by atoms with E-state index in [9.17, 15) is 59.5 Å². The second-order valence-electron chi connectivity index (χ2n) is 22.6. The number of Topliss-reactive ketones (excluding diaryl/α,β-unsaturated/α-hetero) is 1. The Morgan fingerprint density at radius 1 is 0.637 bits per heavy atom. The highest BCUT2D eigenvalue weighted by Crippen LogP contribution is 2.37. The van der Waals surface area contributed by atoms with E-state index < -0.39 is 83.1 Å². The Labute approximate surface area is 533 Å². The molecule has 500 valence electrons. The highest BCUT2D eigenvalue weighted by molar-refractivity contribution is 7.90. The van der Waals surface area contributed by atoms with Crippen molar-refractivity contribution in [2.24, 2.45) is 11.7 Å². The van der Waals surface area contributed by atoms with E-state index in [1.807, 2.05) is 27.7 Å². The molecule has 8 rings (SSSR count). The number of fused-ring (bicyclic) bond motifs is 2. The zero-order valence-corrected chi connectivity index (χ0v) is 54.9. The van der Waals surface area contributed by atoms with Gasteiger partial charge in [0.25, 0.3) is 11.1 Å². The van der Waals surface area contributed by atoms with Crippen molar-refractivity contribution in [3.05, 3.63) is 137 Å². The van der Waals surface area contributed by atoms with Crippen LogP contribution in [-0.2, 0) is 62.9 Å². The monoisotopic (exact) mass is 1350 g/mol. The number of aromatic nitrogens is 10. The first-order chi connectivity index (χ1) is 41.5. The lowest BCUT2D eigenvalue weighted by molar-refractivity contribution is -0.146. The number of hydrogen-bond donors (Lipinski definition) is 2. The lowest BCUT2D eigenvalue weighted by Crippen LogP contribution is -2.53. The summed E-state index contributed by atoms with van der Waals surface area (Å²) in [6, 6.07) is 7.80. The fraction of sp³-hybridized carbons (Fsp3) is 0.492. The van der Waals surface area contributed by atoms with E-state index in [-0.39, 0.29) is 114 Å². The maximum atomic E-state index is 14.5. The number of methoxy groups -OCH3 is 2. The molecule has 0 bridgehead atoms. The third-order valence-electron chi connectivity index (χ3n) is 13.8. The Bertz CT molecular complexity index is 4360. The first kappa shape index (κ1) is 75.8. The van der Waals surface area contributed by atoms with Gasteiger partial charge in [-0.25, -0.2) is 49.1 Å². The van der Waals surface area contributed by atoms with Gasteiger partial charge < -0.3 is 29.8 Å². The van der Waals surface area contributed by atoms with Gasteiger partial charge in [0.1, 0.15) is 85.8 Å². The molecule has 0 radical (unpaired) electrons. The van der Waals surface area contributed by atoms with Crippen LogP contribution in [0.5, 0.6) is 11.5 Å². The largest absolute Gasteiger partial charge is 0.496 e. The molecular weight excluding hydrogens is 1270 g/mol. The molecule has 0 fully saturated rings. The number of thiophene rings is 2. The van der Waals surface area contributed by atoms with Crippen LogP contribution in [-0.4, -0.2) is 139 Å². The molecular formula is C59H81F2N11O15S4. The number of carboxylic acid groups (broad SMARTS) is 1. The van der Waals surface area contributed by atoms with E-state index >= 15 is 0 Å². The van der Waals surface area contributed by atoms with Crippen LogP contribution in [0.2, 0.25) is 0 Å². The molecule has 2 aromatic carbocycles. The fourth-order valence-electron chi connectivity index (χ4n) is 9.25. The van der Waals surface area contributed by atoms with E-state index in [4.69, 9.17) is 24.7 Å². The quantitative estimate of drug-likeness (QED) is 0.0619. The van der Waals surface area contributed by atoms with Crippen molar-refractivity contribution in [1.82, 2.24) is 48.3 Å². The third-order valence-corrected chi connectivity index (χ3v) is 18.2. The van der Waals surface area contributed by atoms with Crippen molar-refractivity contribution >= 4 is 74.5 Å². The molecule has 3 N–H and O–H groups in total. The Hall–Kier alpha value is -7.62. The van der Waals surface area contributed by atoms with E-state index in [2.05, 4.69) is 20.4 Å². The number of carbonyl (C=O) groups is 2. The molecule has 0 aliphatic heterocycles. The minimum absolute atomic E-state index is 0. The lowest BCUT2D eigenvalue weighted by atomic mass is 9.91. The van der Waals surface area contributed by atoms with Gasteiger partial charge in [0.15, 0.2) is 5.78 Å². The maximum absolute atomic E-state index is 14.5. The van der Waals surface area contributed by atoms with Gasteiger partial charge in [-0.15, -0.1) is 9.59 Å². The summed E-state index contributed by atoms with van der Waals surface area (Å²) in [6.07, 6.45) is 5.83. The van der Waals surface area contributed by atoms with Crippen LogP contribution in [0.4, 0.5) is 8.78 Å². The second kappa shape index (κ2) is 30.7. The lowest BCUT2D eigenvalue weighted by Gasteiger charge is -2.28. The number of hydrogen-bond acceptors (Lipinski definition) is 21. The van der Waals surface area contributed by atoms with Crippen LogP contribution in [0.1, 0.15) is 111 Å². The van der Waals surface area contributed by atoms with Crippen LogP contribution < -0.4 is 37.7 Å². The summed E-state index contributed by atoms with van der Waals surface area (Å²) in [5.41, 5.74) is -0.239. The standard InChI is InChI=1S/C29H36FN5O7S2.C25H28FN5O8S2.C3H9N.2CH4/c1-17(2)14-23(36)29(4,5)34-25(37)24-18(3)26(35-31-10-11-32-35)43-27(24)33(28(34)38)16-22(42-12-13-44(7,39)40)20-15-19(30)8-9-21(20)41-6;1-14-19-20(32)30(25(2,3)23(33)34)24(35)29(22(19)40-21(14)31-27-8-9-28-31)13-18(39-10-11-41(5,36)37)16-12-15(26)6-7-17(16)38-4;1-3(2)4;;/h8-11,15,17,22H,12-14,16H2,1-7H3;6-9,12,18H,10-11,13H2,1-5H3,(H,33,34);3H,4H2,1-2H3;2*1H4/t22-;18-;;;/m00.../s1. The molecule has 0 amide bonds. The summed E-state index contributed by atoms with van der Waals surface area (Å²) >= 11 is 2.13. The summed E-state index contributed by atoms with van der Waals surface area (Å²) in [6.45, 7) is 15.3. The Morgan fingerprint density at radius 2 is 0.978 bits per heavy atom. The van der Waals surface area contributed by atoms with Gasteiger partial charge in [0, 0.05) is 41.2 Å². The number of carbonyl (C=O) groups excluding carboxylic acids is 1. The number of ether oxygens (including phenoxy) is 4. The van der Waals surface area contributed by atoms with Gasteiger partial charge in [-0.2, -0.15) is 20.4 Å². The van der Waals surface area contributed by atoms with Gasteiger partial charge in [0.2, 0.25) is 0 Å². The summed E-state index contributed by atoms with van der Waals surface area (Å²) in [4.78, 5) is 84.8. The average Bonchev–Trinajstić information content (AvgIpc) is 1.67.